The number of H-pyrrole nitrogens is 1. The molecule has 3 aromatic heterocycles. The standard InChI is InChI=1S/C22H22N6O/c29-19-12-13-23-16-8-4-9-17(21(16)19)25-20-11-5-10-18(26-20)22-27-24-14-28(22)15-6-2-1-3-7-15/h4-5,8-15H,1-3,6-7H2,(H,23,29)(H,25,26). The summed E-state index contributed by atoms with van der Waals surface area (Å²) in [6, 6.07) is 13.4. The largest absolute Gasteiger partial charge is 0.361 e. The average molecular weight is 386 g/mol. The molecule has 5 rings (SSSR count). The first-order valence-corrected chi connectivity index (χ1v) is 10.0. The topological polar surface area (TPSA) is 88.5 Å². The molecule has 1 aliphatic carbocycles. The molecule has 0 bridgehead atoms. The van der Waals surface area contributed by atoms with Crippen LogP contribution in [-0.2, 0) is 0 Å². The number of aromatic nitrogens is 5. The quantitative estimate of drug-likeness (QED) is 0.542. The van der Waals surface area contributed by atoms with Crippen LogP contribution in [-0.4, -0.2) is 24.7 Å². The number of rotatable bonds is 4. The highest BCUT2D eigenvalue weighted by atomic mass is 16.1. The molecule has 3 heterocycles. The van der Waals surface area contributed by atoms with E-state index in [0.717, 1.165) is 35.6 Å². The first-order chi connectivity index (χ1) is 14.3. The first kappa shape index (κ1) is 17.6. The Hall–Kier alpha value is -3.48. The Morgan fingerprint density at radius 3 is 2.79 bits per heavy atom. The molecule has 2 N–H and O–H groups in total. The van der Waals surface area contributed by atoms with Crippen LogP contribution in [0.5, 0.6) is 0 Å². The van der Waals surface area contributed by atoms with E-state index in [1.165, 1.54) is 25.3 Å². The summed E-state index contributed by atoms with van der Waals surface area (Å²) in [7, 11) is 0. The Kier molecular flexibility index (Phi) is 4.56. The van der Waals surface area contributed by atoms with Gasteiger partial charge in [-0.2, -0.15) is 0 Å². The lowest BCUT2D eigenvalue weighted by Gasteiger charge is -2.23. The lowest BCUT2D eigenvalue weighted by molar-refractivity contribution is 0.355. The van der Waals surface area contributed by atoms with Crippen molar-refractivity contribution in [3.63, 3.8) is 0 Å². The van der Waals surface area contributed by atoms with Crippen molar-refractivity contribution in [3.05, 3.63) is 65.2 Å². The second kappa shape index (κ2) is 7.50. The molecule has 0 radical (unpaired) electrons. The lowest BCUT2D eigenvalue weighted by Crippen LogP contribution is -2.13. The van der Waals surface area contributed by atoms with Crippen molar-refractivity contribution in [2.24, 2.45) is 0 Å². The van der Waals surface area contributed by atoms with Crippen LogP contribution in [0.2, 0.25) is 0 Å². The van der Waals surface area contributed by atoms with Crippen molar-refractivity contribution < 1.29 is 0 Å². The summed E-state index contributed by atoms with van der Waals surface area (Å²) in [5.74, 6) is 1.45. The average Bonchev–Trinajstić information content (AvgIpc) is 3.25. The van der Waals surface area contributed by atoms with E-state index in [0.29, 0.717) is 17.2 Å². The molecule has 1 aromatic carbocycles. The van der Waals surface area contributed by atoms with Crippen molar-refractivity contribution in [3.8, 4) is 11.5 Å². The summed E-state index contributed by atoms with van der Waals surface area (Å²) in [6.07, 6.45) is 9.57. The van der Waals surface area contributed by atoms with Gasteiger partial charge >= 0.3 is 0 Å². The van der Waals surface area contributed by atoms with Crippen molar-refractivity contribution in [1.29, 1.82) is 0 Å². The molecule has 1 aliphatic rings. The van der Waals surface area contributed by atoms with Gasteiger partial charge in [0.15, 0.2) is 11.3 Å². The van der Waals surface area contributed by atoms with Gasteiger partial charge in [-0.25, -0.2) is 4.98 Å². The summed E-state index contributed by atoms with van der Waals surface area (Å²) in [4.78, 5) is 20.2. The van der Waals surface area contributed by atoms with Crippen molar-refractivity contribution in [2.45, 2.75) is 38.1 Å². The van der Waals surface area contributed by atoms with Gasteiger partial charge in [-0.05, 0) is 37.1 Å². The number of hydrogen-bond donors (Lipinski definition) is 2. The minimum atomic E-state index is -0.0324. The molecular formula is C22H22N6O. The fourth-order valence-corrected chi connectivity index (χ4v) is 4.15. The first-order valence-electron chi connectivity index (χ1n) is 10.0. The van der Waals surface area contributed by atoms with Gasteiger partial charge in [-0.15, -0.1) is 10.2 Å². The molecule has 146 valence electrons. The number of pyridine rings is 2. The van der Waals surface area contributed by atoms with Gasteiger partial charge in [0.25, 0.3) is 0 Å². The maximum Gasteiger partial charge on any atom is 0.191 e. The Labute approximate surface area is 167 Å². The molecular weight excluding hydrogens is 364 g/mol. The van der Waals surface area contributed by atoms with Crippen LogP contribution in [0.25, 0.3) is 22.4 Å². The number of nitrogens with one attached hydrogen (secondary N) is 2. The summed E-state index contributed by atoms with van der Waals surface area (Å²) >= 11 is 0. The smallest absolute Gasteiger partial charge is 0.191 e. The predicted octanol–water partition coefficient (Wildman–Crippen LogP) is 4.43. The summed E-state index contributed by atoms with van der Waals surface area (Å²) in [5, 5.41) is 12.4. The Bertz CT molecular complexity index is 1200. The zero-order valence-electron chi connectivity index (χ0n) is 16.0. The molecule has 0 spiro atoms. The summed E-state index contributed by atoms with van der Waals surface area (Å²) in [6.45, 7) is 0. The van der Waals surface area contributed by atoms with Crippen LogP contribution in [0, 0.1) is 0 Å². The Balaban J connectivity index is 1.49. The maximum absolute atomic E-state index is 12.4. The molecule has 29 heavy (non-hydrogen) atoms. The normalized spacial score (nSPS) is 14.9. The van der Waals surface area contributed by atoms with Gasteiger partial charge in [0.1, 0.15) is 17.8 Å². The molecule has 1 fully saturated rings. The van der Waals surface area contributed by atoms with Crippen LogP contribution >= 0.6 is 0 Å². The minimum absolute atomic E-state index is 0.0324. The number of benzene rings is 1. The van der Waals surface area contributed by atoms with Crippen molar-refractivity contribution in [2.75, 3.05) is 5.32 Å². The number of anilines is 2. The second-order valence-corrected chi connectivity index (χ2v) is 7.46. The molecule has 0 amide bonds. The highest BCUT2D eigenvalue weighted by molar-refractivity contribution is 5.92. The van der Waals surface area contributed by atoms with Crippen molar-refractivity contribution in [1.82, 2.24) is 24.7 Å². The fraction of sp³-hybridized carbons (Fsp3) is 0.273. The van der Waals surface area contributed by atoms with Gasteiger partial charge in [-0.3, -0.25) is 4.79 Å². The molecule has 0 aliphatic heterocycles. The van der Waals surface area contributed by atoms with Gasteiger partial charge < -0.3 is 14.9 Å². The van der Waals surface area contributed by atoms with E-state index in [-0.39, 0.29) is 5.43 Å². The third kappa shape index (κ3) is 3.40. The molecule has 4 aromatic rings. The van der Waals surface area contributed by atoms with E-state index in [1.54, 1.807) is 6.20 Å². The second-order valence-electron chi connectivity index (χ2n) is 7.46. The van der Waals surface area contributed by atoms with E-state index >= 15 is 0 Å². The van der Waals surface area contributed by atoms with Crippen LogP contribution in [0.15, 0.2) is 59.8 Å². The zero-order chi connectivity index (χ0) is 19.6. The Morgan fingerprint density at radius 2 is 1.90 bits per heavy atom. The van der Waals surface area contributed by atoms with Gasteiger partial charge in [0, 0.05) is 18.3 Å². The third-order valence-corrected chi connectivity index (χ3v) is 5.57. The van der Waals surface area contributed by atoms with Gasteiger partial charge in [-0.1, -0.05) is 31.4 Å². The van der Waals surface area contributed by atoms with Crippen LogP contribution in [0.1, 0.15) is 38.1 Å². The lowest BCUT2D eigenvalue weighted by atomic mass is 9.95. The highest BCUT2D eigenvalue weighted by Crippen LogP contribution is 2.31. The van der Waals surface area contributed by atoms with Gasteiger partial charge in [0.05, 0.1) is 16.6 Å². The molecule has 7 heteroatoms. The maximum atomic E-state index is 12.4. The van der Waals surface area contributed by atoms with E-state index in [9.17, 15) is 4.79 Å². The van der Waals surface area contributed by atoms with E-state index in [1.807, 2.05) is 42.7 Å². The van der Waals surface area contributed by atoms with Crippen molar-refractivity contribution >= 4 is 22.4 Å². The highest BCUT2D eigenvalue weighted by Gasteiger charge is 2.20. The monoisotopic (exact) mass is 386 g/mol. The summed E-state index contributed by atoms with van der Waals surface area (Å²) in [5.41, 5.74) is 2.25. The zero-order valence-corrected chi connectivity index (χ0v) is 16.0. The fourth-order valence-electron chi connectivity index (χ4n) is 4.15. The van der Waals surface area contributed by atoms with Gasteiger partial charge in [0.2, 0.25) is 0 Å². The molecule has 0 atom stereocenters. The van der Waals surface area contributed by atoms with E-state index < -0.39 is 0 Å². The number of nitrogens with zero attached hydrogens (tertiary/aromatic N) is 4. The van der Waals surface area contributed by atoms with E-state index in [2.05, 4.69) is 25.1 Å². The Morgan fingerprint density at radius 1 is 1.03 bits per heavy atom. The number of fused-ring (bicyclic) bond motifs is 1. The molecule has 0 saturated heterocycles. The number of hydrogen-bond acceptors (Lipinski definition) is 5. The molecule has 7 nitrogen and oxygen atoms in total. The van der Waals surface area contributed by atoms with Crippen LogP contribution in [0.4, 0.5) is 11.5 Å². The number of aromatic amines is 1. The minimum Gasteiger partial charge on any atom is -0.361 e. The third-order valence-electron chi connectivity index (χ3n) is 5.57. The SMILES string of the molecule is O=c1cc[nH]c2cccc(Nc3cccc(-c4nncn4C4CCCCC4)n3)c12. The predicted molar refractivity (Wildman–Crippen MR) is 113 cm³/mol. The van der Waals surface area contributed by atoms with Crippen LogP contribution < -0.4 is 10.7 Å². The molecule has 1 saturated carbocycles. The van der Waals surface area contributed by atoms with E-state index in [4.69, 9.17) is 4.98 Å². The molecule has 0 unspecified atom stereocenters. The summed E-state index contributed by atoms with van der Waals surface area (Å²) < 4.78 is 2.16. The van der Waals surface area contributed by atoms with Crippen LogP contribution in [0.3, 0.4) is 0 Å².